The van der Waals surface area contributed by atoms with E-state index in [1.165, 1.54) is 39.0 Å². The number of fused-ring (bicyclic) bond motifs is 1. The van der Waals surface area contributed by atoms with Crippen LogP contribution in [0.15, 0.2) is 52.4 Å². The van der Waals surface area contributed by atoms with Gasteiger partial charge in [0.05, 0.1) is 12.7 Å². The van der Waals surface area contributed by atoms with Crippen molar-refractivity contribution in [3.8, 4) is 0 Å². The lowest BCUT2D eigenvalue weighted by atomic mass is 9.93. The number of hydrogen-bond donors (Lipinski definition) is 1. The number of hydrogen-bond acceptors (Lipinski definition) is 3. The van der Waals surface area contributed by atoms with Gasteiger partial charge in [-0.3, -0.25) is 4.68 Å². The Morgan fingerprint density at radius 3 is 2.96 bits per heavy atom. The Balaban J connectivity index is 1.49. The predicted octanol–water partition coefficient (Wildman–Crippen LogP) is 4.92. The van der Waals surface area contributed by atoms with Crippen LogP contribution in [-0.4, -0.2) is 9.78 Å². The van der Waals surface area contributed by atoms with E-state index < -0.39 is 0 Å². The van der Waals surface area contributed by atoms with Gasteiger partial charge in [-0.2, -0.15) is 5.10 Å². The third-order valence-electron chi connectivity index (χ3n) is 4.58. The zero-order valence-corrected chi connectivity index (χ0v) is 15.8. The molecule has 1 aliphatic carbocycles. The van der Waals surface area contributed by atoms with Crippen LogP contribution in [0.3, 0.4) is 0 Å². The molecular weight excluding hydrogens is 382 g/mol. The molecule has 0 amide bonds. The SMILES string of the molecule is Brc1csc(CNC2CCCc3c2cnn3Cc2ccccc2)c1. The van der Waals surface area contributed by atoms with Gasteiger partial charge in [-0.15, -0.1) is 11.3 Å². The van der Waals surface area contributed by atoms with Crippen LogP contribution in [0.25, 0.3) is 0 Å². The molecule has 124 valence electrons. The second-order valence-corrected chi connectivity index (χ2v) is 8.16. The summed E-state index contributed by atoms with van der Waals surface area (Å²) in [6.07, 6.45) is 5.61. The number of aromatic nitrogens is 2. The topological polar surface area (TPSA) is 29.9 Å². The van der Waals surface area contributed by atoms with E-state index in [9.17, 15) is 0 Å². The Morgan fingerprint density at radius 2 is 2.17 bits per heavy atom. The van der Waals surface area contributed by atoms with Gasteiger partial charge in [0.15, 0.2) is 0 Å². The molecule has 0 aliphatic heterocycles. The maximum atomic E-state index is 4.67. The van der Waals surface area contributed by atoms with Crippen LogP contribution in [0.1, 0.15) is 40.6 Å². The minimum Gasteiger partial charge on any atom is -0.305 e. The molecule has 0 saturated carbocycles. The van der Waals surface area contributed by atoms with Crippen LogP contribution >= 0.6 is 27.3 Å². The lowest BCUT2D eigenvalue weighted by Crippen LogP contribution is -2.25. The van der Waals surface area contributed by atoms with Crippen LogP contribution in [0, 0.1) is 0 Å². The fraction of sp³-hybridized carbons (Fsp3) is 0.316. The molecule has 3 nitrogen and oxygen atoms in total. The summed E-state index contributed by atoms with van der Waals surface area (Å²) in [6.45, 7) is 1.78. The lowest BCUT2D eigenvalue weighted by molar-refractivity contribution is 0.451. The van der Waals surface area contributed by atoms with E-state index in [-0.39, 0.29) is 0 Å². The van der Waals surface area contributed by atoms with E-state index in [0.717, 1.165) is 19.5 Å². The van der Waals surface area contributed by atoms with E-state index in [4.69, 9.17) is 0 Å². The van der Waals surface area contributed by atoms with Crippen LogP contribution in [0.4, 0.5) is 0 Å². The van der Waals surface area contributed by atoms with Crippen molar-refractivity contribution < 1.29 is 0 Å². The van der Waals surface area contributed by atoms with E-state index in [2.05, 4.69) is 79.0 Å². The molecule has 3 aromatic rings. The summed E-state index contributed by atoms with van der Waals surface area (Å²) >= 11 is 5.32. The van der Waals surface area contributed by atoms with Crippen molar-refractivity contribution in [3.05, 3.63) is 74.1 Å². The van der Waals surface area contributed by atoms with Crippen molar-refractivity contribution in [3.63, 3.8) is 0 Å². The summed E-state index contributed by atoms with van der Waals surface area (Å²) in [5, 5.41) is 10.5. The predicted molar refractivity (Wildman–Crippen MR) is 102 cm³/mol. The largest absolute Gasteiger partial charge is 0.305 e. The van der Waals surface area contributed by atoms with Crippen molar-refractivity contribution in [1.82, 2.24) is 15.1 Å². The zero-order chi connectivity index (χ0) is 16.4. The average molecular weight is 402 g/mol. The molecule has 2 heterocycles. The molecule has 24 heavy (non-hydrogen) atoms. The van der Waals surface area contributed by atoms with Gasteiger partial charge in [0.1, 0.15) is 0 Å². The highest BCUT2D eigenvalue weighted by Gasteiger charge is 2.24. The quantitative estimate of drug-likeness (QED) is 0.656. The fourth-order valence-corrected chi connectivity index (χ4v) is 4.80. The highest BCUT2D eigenvalue weighted by atomic mass is 79.9. The second kappa shape index (κ2) is 7.21. The Kier molecular flexibility index (Phi) is 4.83. The first-order valence-electron chi connectivity index (χ1n) is 8.34. The standard InChI is InChI=1S/C19H20BrN3S/c20-15-9-16(24-13-15)10-21-18-7-4-8-19-17(18)11-22-23(19)12-14-5-2-1-3-6-14/h1-3,5-6,9,11,13,18,21H,4,7-8,10,12H2. The summed E-state index contributed by atoms with van der Waals surface area (Å²) in [4.78, 5) is 1.37. The maximum Gasteiger partial charge on any atom is 0.0662 e. The van der Waals surface area contributed by atoms with Crippen LogP contribution in [-0.2, 0) is 19.5 Å². The highest BCUT2D eigenvalue weighted by molar-refractivity contribution is 9.10. The third-order valence-corrected chi connectivity index (χ3v) is 6.28. The first-order valence-corrected chi connectivity index (χ1v) is 10.0. The van der Waals surface area contributed by atoms with Crippen molar-refractivity contribution in [2.45, 2.75) is 38.4 Å². The third kappa shape index (κ3) is 3.48. The summed E-state index contributed by atoms with van der Waals surface area (Å²) in [7, 11) is 0. The Morgan fingerprint density at radius 1 is 1.29 bits per heavy atom. The molecule has 1 atom stereocenters. The summed E-state index contributed by atoms with van der Waals surface area (Å²) in [5.41, 5.74) is 4.09. The Hall–Kier alpha value is -1.43. The molecule has 0 spiro atoms. The average Bonchev–Trinajstić information content (AvgIpc) is 3.21. The van der Waals surface area contributed by atoms with E-state index in [0.29, 0.717) is 6.04 Å². The molecule has 0 fully saturated rings. The lowest BCUT2D eigenvalue weighted by Gasteiger charge is -2.24. The normalized spacial score (nSPS) is 17.0. The smallest absolute Gasteiger partial charge is 0.0662 e. The van der Waals surface area contributed by atoms with E-state index in [1.807, 2.05) is 0 Å². The minimum atomic E-state index is 0.416. The van der Waals surface area contributed by atoms with Crippen LogP contribution in [0.2, 0.25) is 0 Å². The first-order chi connectivity index (χ1) is 11.8. The molecular formula is C19H20BrN3S. The first kappa shape index (κ1) is 16.1. The van der Waals surface area contributed by atoms with Gasteiger partial charge in [-0.1, -0.05) is 30.3 Å². The fourth-order valence-electron chi connectivity index (χ4n) is 3.39. The molecule has 4 rings (SSSR count). The monoisotopic (exact) mass is 401 g/mol. The van der Waals surface area contributed by atoms with Gasteiger partial charge in [-0.05, 0) is 46.8 Å². The van der Waals surface area contributed by atoms with Gasteiger partial charge in [0.2, 0.25) is 0 Å². The van der Waals surface area contributed by atoms with Crippen molar-refractivity contribution in [1.29, 1.82) is 0 Å². The molecule has 1 aromatic carbocycles. The number of thiophene rings is 1. The Labute approximate surface area is 154 Å². The molecule has 1 aliphatic rings. The number of rotatable bonds is 5. The van der Waals surface area contributed by atoms with Crippen molar-refractivity contribution >= 4 is 27.3 Å². The molecule has 5 heteroatoms. The summed E-state index contributed by atoms with van der Waals surface area (Å²) < 4.78 is 3.35. The summed E-state index contributed by atoms with van der Waals surface area (Å²) in [5.74, 6) is 0. The number of halogens is 1. The molecule has 1 N–H and O–H groups in total. The van der Waals surface area contributed by atoms with Gasteiger partial charge in [0.25, 0.3) is 0 Å². The second-order valence-electron chi connectivity index (χ2n) is 6.25. The minimum absolute atomic E-state index is 0.416. The highest BCUT2D eigenvalue weighted by Crippen LogP contribution is 2.30. The van der Waals surface area contributed by atoms with Crippen LogP contribution < -0.4 is 5.32 Å². The van der Waals surface area contributed by atoms with Gasteiger partial charge in [-0.25, -0.2) is 0 Å². The Bertz CT molecular complexity index is 809. The van der Waals surface area contributed by atoms with E-state index in [1.54, 1.807) is 11.3 Å². The van der Waals surface area contributed by atoms with E-state index >= 15 is 0 Å². The number of benzene rings is 1. The van der Waals surface area contributed by atoms with Gasteiger partial charge < -0.3 is 5.32 Å². The van der Waals surface area contributed by atoms with Gasteiger partial charge in [0, 0.05) is 38.6 Å². The number of nitrogens with zero attached hydrogens (tertiary/aromatic N) is 2. The zero-order valence-electron chi connectivity index (χ0n) is 13.4. The number of nitrogens with one attached hydrogen (secondary N) is 1. The molecule has 0 bridgehead atoms. The van der Waals surface area contributed by atoms with Crippen molar-refractivity contribution in [2.75, 3.05) is 0 Å². The van der Waals surface area contributed by atoms with Gasteiger partial charge >= 0.3 is 0 Å². The maximum absolute atomic E-state index is 4.67. The van der Waals surface area contributed by atoms with Crippen molar-refractivity contribution in [2.24, 2.45) is 0 Å². The molecule has 0 saturated heterocycles. The summed E-state index contributed by atoms with van der Waals surface area (Å²) in [6, 6.07) is 13.2. The molecule has 2 aromatic heterocycles. The van der Waals surface area contributed by atoms with Crippen LogP contribution in [0.5, 0.6) is 0 Å². The molecule has 1 unspecified atom stereocenters. The molecule has 0 radical (unpaired) electrons.